The molecule has 1 aliphatic rings. The molecule has 0 atom stereocenters. The lowest BCUT2D eigenvalue weighted by atomic mass is 10.1. The lowest BCUT2D eigenvalue weighted by Gasteiger charge is -2.18. The van der Waals surface area contributed by atoms with Crippen molar-refractivity contribution in [1.82, 2.24) is 5.32 Å². The van der Waals surface area contributed by atoms with E-state index >= 15 is 0 Å². The number of ether oxygens (including phenoxy) is 2. The summed E-state index contributed by atoms with van der Waals surface area (Å²) in [6, 6.07) is 12.0. The van der Waals surface area contributed by atoms with E-state index in [-0.39, 0.29) is 17.2 Å². The number of aryl methyl sites for hydroxylation is 1. The van der Waals surface area contributed by atoms with Gasteiger partial charge < -0.3 is 14.8 Å². The van der Waals surface area contributed by atoms with E-state index in [0.717, 1.165) is 24.0 Å². The van der Waals surface area contributed by atoms with Gasteiger partial charge in [-0.1, -0.05) is 18.2 Å². The van der Waals surface area contributed by atoms with E-state index in [2.05, 4.69) is 5.32 Å². The number of hydrogen-bond donors (Lipinski definition) is 2. The molecule has 144 valence electrons. The largest absolute Gasteiger partial charge is 0.486 e. The number of fused-ring (bicyclic) bond motifs is 1. The molecule has 0 unspecified atom stereocenters. The van der Waals surface area contributed by atoms with E-state index in [0.29, 0.717) is 31.3 Å². The van der Waals surface area contributed by atoms with Crippen molar-refractivity contribution in [3.63, 3.8) is 0 Å². The zero-order valence-corrected chi connectivity index (χ0v) is 15.6. The highest BCUT2D eigenvalue weighted by molar-refractivity contribution is 7.89. The van der Waals surface area contributed by atoms with Gasteiger partial charge >= 0.3 is 0 Å². The summed E-state index contributed by atoms with van der Waals surface area (Å²) in [4.78, 5) is 12.2. The number of benzene rings is 2. The number of nitrogens with two attached hydrogens (primary N) is 1. The summed E-state index contributed by atoms with van der Waals surface area (Å²) in [5.74, 6) is 1.32. The van der Waals surface area contributed by atoms with Crippen LogP contribution in [0.2, 0.25) is 0 Å². The maximum absolute atomic E-state index is 12.1. The summed E-state index contributed by atoms with van der Waals surface area (Å²) < 4.78 is 33.4. The van der Waals surface area contributed by atoms with Crippen LogP contribution in [0.4, 0.5) is 0 Å². The number of carbonyl (C=O) groups is 1. The molecule has 2 aromatic carbocycles. The van der Waals surface area contributed by atoms with Gasteiger partial charge in [-0.3, -0.25) is 4.79 Å². The van der Waals surface area contributed by atoms with E-state index in [1.807, 2.05) is 18.2 Å². The number of primary sulfonamides is 1. The summed E-state index contributed by atoms with van der Waals surface area (Å²) in [7, 11) is -3.67. The number of rotatable bonds is 7. The van der Waals surface area contributed by atoms with Crippen LogP contribution in [0.3, 0.4) is 0 Å². The van der Waals surface area contributed by atoms with Gasteiger partial charge in [0, 0.05) is 6.54 Å². The Labute approximate surface area is 158 Å². The van der Waals surface area contributed by atoms with E-state index < -0.39 is 10.0 Å². The van der Waals surface area contributed by atoms with Crippen LogP contribution in [-0.2, 0) is 27.7 Å². The van der Waals surface area contributed by atoms with E-state index in [4.69, 9.17) is 14.6 Å². The number of carbonyl (C=O) groups excluding carboxylic acids is 1. The Balaban J connectivity index is 1.42. The van der Waals surface area contributed by atoms with E-state index in [9.17, 15) is 13.2 Å². The molecule has 0 saturated carbocycles. The van der Waals surface area contributed by atoms with Crippen LogP contribution < -0.4 is 19.9 Å². The zero-order valence-electron chi connectivity index (χ0n) is 14.8. The Morgan fingerprint density at radius 2 is 1.67 bits per heavy atom. The second-order valence-electron chi connectivity index (χ2n) is 6.30. The molecule has 27 heavy (non-hydrogen) atoms. The standard InChI is InChI=1S/C19H22N2O5S/c20-27(23,24)16-6-3-14(4-7-16)2-1-9-21-19(22)13-15-5-8-17-18(12-15)26-11-10-25-17/h3-8,12H,1-2,9-11,13H2,(H,21,22)(H2,20,23,24). The lowest BCUT2D eigenvalue weighted by molar-refractivity contribution is -0.120. The van der Waals surface area contributed by atoms with Gasteiger partial charge in [0.2, 0.25) is 15.9 Å². The minimum Gasteiger partial charge on any atom is -0.486 e. The van der Waals surface area contributed by atoms with Crippen molar-refractivity contribution < 1.29 is 22.7 Å². The number of sulfonamides is 1. The van der Waals surface area contributed by atoms with Gasteiger partial charge in [0.05, 0.1) is 11.3 Å². The second kappa shape index (κ2) is 8.41. The molecule has 0 spiro atoms. The summed E-state index contributed by atoms with van der Waals surface area (Å²) in [6.07, 6.45) is 1.76. The lowest BCUT2D eigenvalue weighted by Crippen LogP contribution is -2.26. The molecule has 0 bridgehead atoms. The Hall–Kier alpha value is -2.58. The molecule has 0 fully saturated rings. The third-order valence-electron chi connectivity index (χ3n) is 4.19. The monoisotopic (exact) mass is 390 g/mol. The van der Waals surface area contributed by atoms with Crippen molar-refractivity contribution in [3.05, 3.63) is 53.6 Å². The fourth-order valence-electron chi connectivity index (χ4n) is 2.81. The van der Waals surface area contributed by atoms with E-state index in [1.54, 1.807) is 12.1 Å². The highest BCUT2D eigenvalue weighted by Crippen LogP contribution is 2.30. The summed E-state index contributed by atoms with van der Waals surface area (Å²) in [5, 5.41) is 7.96. The molecular weight excluding hydrogens is 368 g/mol. The summed E-state index contributed by atoms with van der Waals surface area (Å²) in [5.41, 5.74) is 1.86. The summed E-state index contributed by atoms with van der Waals surface area (Å²) in [6.45, 7) is 1.60. The second-order valence-corrected chi connectivity index (χ2v) is 7.86. The Morgan fingerprint density at radius 1 is 1.00 bits per heavy atom. The molecule has 3 rings (SSSR count). The molecule has 8 heteroatoms. The van der Waals surface area contributed by atoms with Crippen molar-refractivity contribution in [1.29, 1.82) is 0 Å². The van der Waals surface area contributed by atoms with Crippen LogP contribution in [-0.4, -0.2) is 34.1 Å². The Bertz CT molecular complexity index is 910. The fourth-order valence-corrected chi connectivity index (χ4v) is 3.33. The van der Waals surface area contributed by atoms with Gasteiger partial charge in [0.25, 0.3) is 0 Å². The fraction of sp³-hybridized carbons (Fsp3) is 0.316. The molecule has 0 aromatic heterocycles. The number of hydrogen-bond acceptors (Lipinski definition) is 5. The Kier molecular flexibility index (Phi) is 5.98. The molecule has 7 nitrogen and oxygen atoms in total. The van der Waals surface area contributed by atoms with Gasteiger partial charge in [-0.2, -0.15) is 0 Å². The van der Waals surface area contributed by atoms with Crippen molar-refractivity contribution in [2.45, 2.75) is 24.2 Å². The maximum Gasteiger partial charge on any atom is 0.238 e. The van der Waals surface area contributed by atoms with Gasteiger partial charge in [-0.15, -0.1) is 0 Å². The van der Waals surface area contributed by atoms with Crippen LogP contribution in [0.5, 0.6) is 11.5 Å². The van der Waals surface area contributed by atoms with Crippen LogP contribution in [0, 0.1) is 0 Å². The molecule has 1 heterocycles. The van der Waals surface area contributed by atoms with Gasteiger partial charge in [-0.25, -0.2) is 13.6 Å². The third kappa shape index (κ3) is 5.45. The molecule has 0 aliphatic carbocycles. The SMILES string of the molecule is NS(=O)(=O)c1ccc(CCCNC(=O)Cc2ccc3c(c2)OCCO3)cc1. The predicted octanol–water partition coefficient (Wildman–Crippen LogP) is 1.40. The first-order valence-electron chi connectivity index (χ1n) is 8.69. The van der Waals surface area contributed by atoms with Crippen molar-refractivity contribution in [2.75, 3.05) is 19.8 Å². The molecule has 0 saturated heterocycles. The van der Waals surface area contributed by atoms with Crippen LogP contribution in [0.15, 0.2) is 47.4 Å². The molecule has 1 amide bonds. The average molecular weight is 390 g/mol. The highest BCUT2D eigenvalue weighted by Gasteiger charge is 2.13. The van der Waals surface area contributed by atoms with Gasteiger partial charge in [-0.05, 0) is 48.2 Å². The number of nitrogens with one attached hydrogen (secondary N) is 1. The highest BCUT2D eigenvalue weighted by atomic mass is 32.2. The maximum atomic E-state index is 12.1. The van der Waals surface area contributed by atoms with Gasteiger partial charge in [0.1, 0.15) is 13.2 Å². The van der Waals surface area contributed by atoms with Crippen molar-refractivity contribution in [2.24, 2.45) is 5.14 Å². The van der Waals surface area contributed by atoms with Crippen molar-refractivity contribution >= 4 is 15.9 Å². The molecule has 2 aromatic rings. The number of amides is 1. The molecule has 3 N–H and O–H groups in total. The average Bonchev–Trinajstić information content (AvgIpc) is 2.65. The minimum absolute atomic E-state index is 0.0590. The summed E-state index contributed by atoms with van der Waals surface area (Å²) >= 11 is 0. The first-order chi connectivity index (χ1) is 12.9. The predicted molar refractivity (Wildman–Crippen MR) is 100 cm³/mol. The van der Waals surface area contributed by atoms with E-state index in [1.165, 1.54) is 12.1 Å². The van der Waals surface area contributed by atoms with Crippen molar-refractivity contribution in [3.8, 4) is 11.5 Å². The first-order valence-corrected chi connectivity index (χ1v) is 10.2. The first kappa shape index (κ1) is 19.2. The smallest absolute Gasteiger partial charge is 0.238 e. The topological polar surface area (TPSA) is 108 Å². The normalized spacial score (nSPS) is 13.2. The van der Waals surface area contributed by atoms with Crippen LogP contribution in [0.25, 0.3) is 0 Å². The van der Waals surface area contributed by atoms with Gasteiger partial charge in [0.15, 0.2) is 11.5 Å². The molecular formula is C19H22N2O5S. The van der Waals surface area contributed by atoms with Crippen LogP contribution in [0.1, 0.15) is 17.5 Å². The quantitative estimate of drug-likeness (QED) is 0.695. The molecule has 1 aliphatic heterocycles. The third-order valence-corrected chi connectivity index (χ3v) is 5.12. The zero-order chi connectivity index (χ0) is 19.3. The molecule has 0 radical (unpaired) electrons. The Morgan fingerprint density at radius 3 is 2.37 bits per heavy atom. The van der Waals surface area contributed by atoms with Crippen LogP contribution >= 0.6 is 0 Å². The minimum atomic E-state index is -3.67.